The molecule has 0 N–H and O–H groups in total. The van der Waals surface area contributed by atoms with E-state index in [4.69, 9.17) is 9.47 Å². The van der Waals surface area contributed by atoms with E-state index >= 15 is 0 Å². The molecule has 1 unspecified atom stereocenters. The predicted molar refractivity (Wildman–Crippen MR) is 42.0 cm³/mol. The standard InChI is InChI=1S/C7H9NO2S/c1-7(4-10-7)5-3-8-6(9-2)11-5/h3H,4H2,1-2H3. The molecule has 0 aliphatic carbocycles. The lowest BCUT2D eigenvalue weighted by Gasteiger charge is -1.96. The summed E-state index contributed by atoms with van der Waals surface area (Å²) in [5.41, 5.74) is -0.0611. The average Bonchev–Trinajstić information content (AvgIpc) is 2.61. The minimum atomic E-state index is -0.0611. The number of hydrogen-bond acceptors (Lipinski definition) is 4. The number of hydrogen-bond donors (Lipinski definition) is 0. The zero-order valence-corrected chi connectivity index (χ0v) is 7.27. The number of rotatable bonds is 2. The first kappa shape index (κ1) is 7.06. The zero-order valence-electron chi connectivity index (χ0n) is 6.46. The first-order chi connectivity index (χ1) is 5.24. The molecule has 0 aromatic carbocycles. The van der Waals surface area contributed by atoms with Crippen molar-refractivity contribution in [2.24, 2.45) is 0 Å². The van der Waals surface area contributed by atoms with Gasteiger partial charge < -0.3 is 9.47 Å². The summed E-state index contributed by atoms with van der Waals surface area (Å²) in [5, 5.41) is 0.705. The minimum absolute atomic E-state index is 0.0611. The summed E-state index contributed by atoms with van der Waals surface area (Å²) >= 11 is 1.54. The van der Waals surface area contributed by atoms with Crippen LogP contribution in [-0.2, 0) is 10.3 Å². The average molecular weight is 171 g/mol. The summed E-state index contributed by atoms with van der Waals surface area (Å²) in [7, 11) is 1.62. The molecule has 0 bridgehead atoms. The van der Waals surface area contributed by atoms with E-state index in [2.05, 4.69) is 11.9 Å². The molecule has 1 aliphatic rings. The first-order valence-corrected chi connectivity index (χ1v) is 4.20. The molecular formula is C7H9NO2S. The molecule has 1 aliphatic heterocycles. The van der Waals surface area contributed by atoms with Crippen molar-refractivity contribution in [3.8, 4) is 5.19 Å². The topological polar surface area (TPSA) is 34.6 Å². The number of methoxy groups -OCH3 is 1. The Morgan fingerprint density at radius 2 is 2.55 bits per heavy atom. The van der Waals surface area contributed by atoms with Gasteiger partial charge in [0.05, 0.1) is 18.6 Å². The van der Waals surface area contributed by atoms with Gasteiger partial charge in [0, 0.05) is 6.20 Å². The van der Waals surface area contributed by atoms with Crippen molar-refractivity contribution in [2.75, 3.05) is 13.7 Å². The molecule has 11 heavy (non-hydrogen) atoms. The largest absolute Gasteiger partial charge is 0.473 e. The van der Waals surface area contributed by atoms with E-state index in [9.17, 15) is 0 Å². The first-order valence-electron chi connectivity index (χ1n) is 3.39. The number of ether oxygens (including phenoxy) is 2. The van der Waals surface area contributed by atoms with Crippen LogP contribution < -0.4 is 4.74 Å². The van der Waals surface area contributed by atoms with Crippen LogP contribution in [0.4, 0.5) is 0 Å². The molecule has 2 rings (SSSR count). The molecule has 1 saturated heterocycles. The van der Waals surface area contributed by atoms with Crippen LogP contribution in [0.3, 0.4) is 0 Å². The molecule has 0 amide bonds. The summed E-state index contributed by atoms with van der Waals surface area (Å²) < 4.78 is 10.2. The van der Waals surface area contributed by atoms with Crippen molar-refractivity contribution in [3.05, 3.63) is 11.1 Å². The highest BCUT2D eigenvalue weighted by Gasteiger charge is 2.43. The van der Waals surface area contributed by atoms with Crippen molar-refractivity contribution < 1.29 is 9.47 Å². The van der Waals surface area contributed by atoms with Crippen LogP contribution in [0, 0.1) is 0 Å². The van der Waals surface area contributed by atoms with Crippen LogP contribution in [0.15, 0.2) is 6.20 Å². The monoisotopic (exact) mass is 171 g/mol. The molecule has 4 heteroatoms. The summed E-state index contributed by atoms with van der Waals surface area (Å²) in [4.78, 5) is 5.20. The zero-order chi connectivity index (χ0) is 7.90. The third-order valence-corrected chi connectivity index (χ3v) is 2.96. The van der Waals surface area contributed by atoms with Crippen LogP contribution in [0.1, 0.15) is 11.8 Å². The number of nitrogens with zero attached hydrogens (tertiary/aromatic N) is 1. The molecule has 1 aromatic heterocycles. The van der Waals surface area contributed by atoms with Crippen LogP contribution in [-0.4, -0.2) is 18.7 Å². The van der Waals surface area contributed by atoms with Crippen LogP contribution in [0.5, 0.6) is 5.19 Å². The second kappa shape index (κ2) is 2.19. The summed E-state index contributed by atoms with van der Waals surface area (Å²) in [6.45, 7) is 2.86. The van der Waals surface area contributed by atoms with Gasteiger partial charge in [-0.1, -0.05) is 11.3 Å². The highest BCUT2D eigenvalue weighted by molar-refractivity contribution is 7.13. The van der Waals surface area contributed by atoms with E-state index in [-0.39, 0.29) is 5.60 Å². The van der Waals surface area contributed by atoms with Crippen molar-refractivity contribution in [1.82, 2.24) is 4.98 Å². The Kier molecular flexibility index (Phi) is 1.40. The Morgan fingerprint density at radius 3 is 3.00 bits per heavy atom. The van der Waals surface area contributed by atoms with Gasteiger partial charge in [-0.15, -0.1) is 0 Å². The fraction of sp³-hybridized carbons (Fsp3) is 0.571. The highest BCUT2D eigenvalue weighted by Crippen LogP contribution is 2.42. The Balaban J connectivity index is 2.25. The van der Waals surface area contributed by atoms with Crippen molar-refractivity contribution >= 4 is 11.3 Å². The van der Waals surface area contributed by atoms with E-state index in [0.29, 0.717) is 5.19 Å². The summed E-state index contributed by atoms with van der Waals surface area (Å²) in [5.74, 6) is 0. The van der Waals surface area contributed by atoms with Gasteiger partial charge in [0.15, 0.2) is 0 Å². The second-order valence-electron chi connectivity index (χ2n) is 2.71. The fourth-order valence-corrected chi connectivity index (χ4v) is 1.66. The Bertz CT molecular complexity index is 267. The molecule has 1 aromatic rings. The van der Waals surface area contributed by atoms with Gasteiger partial charge in [0.1, 0.15) is 5.60 Å². The van der Waals surface area contributed by atoms with Gasteiger partial charge in [0.25, 0.3) is 5.19 Å². The van der Waals surface area contributed by atoms with E-state index < -0.39 is 0 Å². The molecule has 0 radical (unpaired) electrons. The molecule has 0 spiro atoms. The lowest BCUT2D eigenvalue weighted by Crippen LogP contribution is -1.97. The smallest absolute Gasteiger partial charge is 0.273 e. The van der Waals surface area contributed by atoms with Crippen molar-refractivity contribution in [1.29, 1.82) is 0 Å². The SMILES string of the molecule is COc1ncc(C2(C)CO2)s1. The Hall–Kier alpha value is -0.610. The molecule has 0 saturated carbocycles. The number of thiazole rings is 1. The second-order valence-corrected chi connectivity index (χ2v) is 3.71. The van der Waals surface area contributed by atoms with Crippen LogP contribution in [0.2, 0.25) is 0 Å². The van der Waals surface area contributed by atoms with Gasteiger partial charge in [-0.25, -0.2) is 4.98 Å². The quantitative estimate of drug-likeness (QED) is 0.631. The maximum Gasteiger partial charge on any atom is 0.273 e. The predicted octanol–water partition coefficient (Wildman–Crippen LogP) is 1.40. The molecule has 1 fully saturated rings. The van der Waals surface area contributed by atoms with Gasteiger partial charge >= 0.3 is 0 Å². The molecule has 2 heterocycles. The molecule has 1 atom stereocenters. The normalized spacial score (nSPS) is 28.5. The summed E-state index contributed by atoms with van der Waals surface area (Å²) in [6.07, 6.45) is 1.82. The lowest BCUT2D eigenvalue weighted by molar-refractivity contribution is 0.333. The van der Waals surface area contributed by atoms with Gasteiger partial charge in [-0.05, 0) is 6.92 Å². The van der Waals surface area contributed by atoms with Crippen LogP contribution >= 0.6 is 11.3 Å². The third kappa shape index (κ3) is 1.12. The number of aromatic nitrogens is 1. The van der Waals surface area contributed by atoms with Gasteiger partial charge in [0.2, 0.25) is 0 Å². The fourth-order valence-electron chi connectivity index (χ4n) is 0.847. The van der Waals surface area contributed by atoms with Crippen molar-refractivity contribution in [2.45, 2.75) is 12.5 Å². The minimum Gasteiger partial charge on any atom is -0.473 e. The van der Waals surface area contributed by atoms with Crippen LogP contribution in [0.25, 0.3) is 0 Å². The van der Waals surface area contributed by atoms with Gasteiger partial charge in [-0.2, -0.15) is 0 Å². The third-order valence-electron chi connectivity index (χ3n) is 1.76. The number of epoxide rings is 1. The highest BCUT2D eigenvalue weighted by atomic mass is 32.1. The maximum atomic E-state index is 5.25. The molecular weight excluding hydrogens is 162 g/mol. The lowest BCUT2D eigenvalue weighted by atomic mass is 10.2. The molecule has 60 valence electrons. The summed E-state index contributed by atoms with van der Waals surface area (Å²) in [6, 6.07) is 0. The van der Waals surface area contributed by atoms with E-state index in [1.807, 2.05) is 6.20 Å². The van der Waals surface area contributed by atoms with E-state index in [0.717, 1.165) is 11.5 Å². The molecule has 3 nitrogen and oxygen atoms in total. The van der Waals surface area contributed by atoms with E-state index in [1.165, 1.54) is 0 Å². The Morgan fingerprint density at radius 1 is 1.82 bits per heavy atom. The maximum absolute atomic E-state index is 5.25. The Labute approximate surface area is 69.0 Å². The van der Waals surface area contributed by atoms with Gasteiger partial charge in [-0.3, -0.25) is 0 Å². The van der Waals surface area contributed by atoms with Crippen molar-refractivity contribution in [3.63, 3.8) is 0 Å². The van der Waals surface area contributed by atoms with E-state index in [1.54, 1.807) is 18.4 Å².